The first-order valence-corrected chi connectivity index (χ1v) is 6.89. The fourth-order valence-electron chi connectivity index (χ4n) is 2.86. The van der Waals surface area contributed by atoms with Gasteiger partial charge in [-0.3, -0.25) is 4.79 Å². The molecule has 1 aliphatic carbocycles. The number of hydrogen-bond donors (Lipinski definition) is 1. The lowest BCUT2D eigenvalue weighted by Crippen LogP contribution is -2.33. The Bertz CT molecular complexity index is 617. The third kappa shape index (κ3) is 2.35. The quantitative estimate of drug-likeness (QED) is 0.898. The minimum Gasteiger partial charge on any atom is -0.348 e. The highest BCUT2D eigenvalue weighted by Gasteiger charge is 2.24. The maximum absolute atomic E-state index is 12.2. The summed E-state index contributed by atoms with van der Waals surface area (Å²) in [5.41, 5.74) is 2.41. The van der Waals surface area contributed by atoms with E-state index in [1.807, 2.05) is 35.7 Å². The van der Waals surface area contributed by atoms with E-state index in [2.05, 4.69) is 17.2 Å². The molecule has 2 heterocycles. The predicted molar refractivity (Wildman–Crippen MR) is 74.2 cm³/mol. The van der Waals surface area contributed by atoms with Crippen molar-refractivity contribution in [3.05, 3.63) is 35.8 Å². The highest BCUT2D eigenvalue weighted by atomic mass is 16.2. The monoisotopic (exact) mass is 257 g/mol. The Morgan fingerprint density at radius 2 is 2.26 bits per heavy atom. The molecular weight excluding hydrogens is 238 g/mol. The molecule has 4 nitrogen and oxygen atoms in total. The number of nitrogens with zero attached hydrogens (tertiary/aromatic N) is 2. The summed E-state index contributed by atoms with van der Waals surface area (Å²) in [6.45, 7) is 4.25. The number of imidazole rings is 1. The summed E-state index contributed by atoms with van der Waals surface area (Å²) in [6.07, 6.45) is 5.19. The van der Waals surface area contributed by atoms with Crippen molar-refractivity contribution in [2.75, 3.05) is 0 Å². The molecule has 1 fully saturated rings. The fraction of sp³-hybridized carbons (Fsp3) is 0.467. The molecule has 0 aliphatic heterocycles. The van der Waals surface area contributed by atoms with E-state index in [0.29, 0.717) is 17.7 Å². The zero-order valence-corrected chi connectivity index (χ0v) is 11.4. The van der Waals surface area contributed by atoms with Gasteiger partial charge in [-0.15, -0.1) is 0 Å². The first-order valence-electron chi connectivity index (χ1n) is 6.89. The first kappa shape index (κ1) is 12.2. The smallest absolute Gasteiger partial charge is 0.271 e. The minimum atomic E-state index is -0.0535. The maximum atomic E-state index is 12.2. The van der Waals surface area contributed by atoms with Crippen LogP contribution in [0.2, 0.25) is 0 Å². The Kier molecular flexibility index (Phi) is 3.01. The van der Waals surface area contributed by atoms with Crippen LogP contribution in [-0.4, -0.2) is 21.3 Å². The number of fused-ring (bicyclic) bond motifs is 1. The average Bonchev–Trinajstić information content (AvgIpc) is 2.96. The van der Waals surface area contributed by atoms with Crippen molar-refractivity contribution < 1.29 is 4.79 Å². The first-order chi connectivity index (χ1) is 9.13. The van der Waals surface area contributed by atoms with Gasteiger partial charge in [0, 0.05) is 17.9 Å². The lowest BCUT2D eigenvalue weighted by atomic mass is 10.1. The SMILES string of the molecule is Cc1cccc2nc(C(=O)NC3CCC(C)C3)cn12. The summed E-state index contributed by atoms with van der Waals surface area (Å²) in [7, 11) is 0. The Morgan fingerprint density at radius 1 is 1.42 bits per heavy atom. The second-order valence-electron chi connectivity index (χ2n) is 5.61. The number of hydrogen-bond acceptors (Lipinski definition) is 2. The summed E-state index contributed by atoms with van der Waals surface area (Å²) in [6, 6.07) is 6.20. The summed E-state index contributed by atoms with van der Waals surface area (Å²) >= 11 is 0. The van der Waals surface area contributed by atoms with Gasteiger partial charge < -0.3 is 9.72 Å². The Labute approximate surface area is 112 Å². The molecule has 19 heavy (non-hydrogen) atoms. The van der Waals surface area contributed by atoms with E-state index in [1.165, 1.54) is 6.42 Å². The third-order valence-corrected chi connectivity index (χ3v) is 3.96. The molecule has 0 radical (unpaired) electrons. The van der Waals surface area contributed by atoms with E-state index in [4.69, 9.17) is 0 Å². The summed E-state index contributed by atoms with van der Waals surface area (Å²) in [5.74, 6) is 0.663. The molecule has 0 spiro atoms. The summed E-state index contributed by atoms with van der Waals surface area (Å²) < 4.78 is 1.95. The number of amides is 1. The highest BCUT2D eigenvalue weighted by Crippen LogP contribution is 2.24. The van der Waals surface area contributed by atoms with Gasteiger partial charge in [-0.05, 0) is 44.2 Å². The van der Waals surface area contributed by atoms with Gasteiger partial charge in [-0.2, -0.15) is 0 Å². The van der Waals surface area contributed by atoms with Gasteiger partial charge in [0.15, 0.2) is 0 Å². The Morgan fingerprint density at radius 3 is 2.95 bits per heavy atom. The highest BCUT2D eigenvalue weighted by molar-refractivity contribution is 5.93. The largest absolute Gasteiger partial charge is 0.348 e. The van der Waals surface area contributed by atoms with Crippen LogP contribution in [0.25, 0.3) is 5.65 Å². The molecule has 1 N–H and O–H groups in total. The zero-order chi connectivity index (χ0) is 13.4. The molecule has 2 aromatic rings. The standard InChI is InChI=1S/C15H19N3O/c1-10-6-7-12(8-10)16-15(19)13-9-18-11(2)4-3-5-14(18)17-13/h3-5,9-10,12H,6-8H2,1-2H3,(H,16,19). The van der Waals surface area contributed by atoms with Gasteiger partial charge in [-0.25, -0.2) is 4.98 Å². The van der Waals surface area contributed by atoms with Crippen LogP contribution in [0.15, 0.2) is 24.4 Å². The van der Waals surface area contributed by atoms with E-state index >= 15 is 0 Å². The van der Waals surface area contributed by atoms with Gasteiger partial charge in [0.1, 0.15) is 11.3 Å². The predicted octanol–water partition coefficient (Wildman–Crippen LogP) is 2.56. The number of rotatable bonds is 2. The number of carbonyl (C=O) groups is 1. The number of carbonyl (C=O) groups excluding carboxylic acids is 1. The van der Waals surface area contributed by atoms with Gasteiger partial charge in [0.2, 0.25) is 0 Å². The molecule has 1 saturated carbocycles. The second-order valence-corrected chi connectivity index (χ2v) is 5.61. The summed E-state index contributed by atoms with van der Waals surface area (Å²) in [4.78, 5) is 16.6. The van der Waals surface area contributed by atoms with Gasteiger partial charge >= 0.3 is 0 Å². The molecule has 4 heteroatoms. The van der Waals surface area contributed by atoms with E-state index < -0.39 is 0 Å². The minimum absolute atomic E-state index is 0.0535. The van der Waals surface area contributed by atoms with Crippen LogP contribution in [-0.2, 0) is 0 Å². The topological polar surface area (TPSA) is 46.4 Å². The van der Waals surface area contributed by atoms with Crippen LogP contribution in [0.3, 0.4) is 0 Å². The van der Waals surface area contributed by atoms with Crippen molar-refractivity contribution in [2.24, 2.45) is 5.92 Å². The van der Waals surface area contributed by atoms with Gasteiger partial charge in [-0.1, -0.05) is 13.0 Å². The lowest BCUT2D eigenvalue weighted by molar-refractivity contribution is 0.0933. The van der Waals surface area contributed by atoms with E-state index in [0.717, 1.165) is 24.2 Å². The van der Waals surface area contributed by atoms with E-state index in [1.54, 1.807) is 0 Å². The van der Waals surface area contributed by atoms with Crippen molar-refractivity contribution >= 4 is 11.6 Å². The van der Waals surface area contributed by atoms with Gasteiger partial charge in [0.25, 0.3) is 5.91 Å². The van der Waals surface area contributed by atoms with Crippen LogP contribution in [0.5, 0.6) is 0 Å². The zero-order valence-electron chi connectivity index (χ0n) is 11.4. The van der Waals surface area contributed by atoms with E-state index in [9.17, 15) is 4.79 Å². The van der Waals surface area contributed by atoms with Gasteiger partial charge in [0.05, 0.1) is 0 Å². The van der Waals surface area contributed by atoms with Crippen LogP contribution < -0.4 is 5.32 Å². The molecule has 0 saturated heterocycles. The fourth-order valence-corrected chi connectivity index (χ4v) is 2.86. The molecule has 2 atom stereocenters. The maximum Gasteiger partial charge on any atom is 0.271 e. The Balaban J connectivity index is 1.80. The number of aryl methyl sites for hydroxylation is 1. The third-order valence-electron chi connectivity index (χ3n) is 3.96. The van der Waals surface area contributed by atoms with Crippen LogP contribution in [0.4, 0.5) is 0 Å². The molecule has 2 aromatic heterocycles. The van der Waals surface area contributed by atoms with Crippen LogP contribution in [0, 0.1) is 12.8 Å². The molecule has 3 rings (SSSR count). The number of aromatic nitrogens is 2. The molecule has 1 aliphatic rings. The Hall–Kier alpha value is -1.84. The van der Waals surface area contributed by atoms with Crippen LogP contribution >= 0.6 is 0 Å². The van der Waals surface area contributed by atoms with Crippen molar-refractivity contribution in [3.63, 3.8) is 0 Å². The summed E-state index contributed by atoms with van der Waals surface area (Å²) in [5, 5.41) is 3.09. The van der Waals surface area contributed by atoms with Crippen molar-refractivity contribution in [3.8, 4) is 0 Å². The molecule has 0 aromatic carbocycles. The van der Waals surface area contributed by atoms with Crippen molar-refractivity contribution in [2.45, 2.75) is 39.2 Å². The lowest BCUT2D eigenvalue weighted by Gasteiger charge is -2.10. The number of nitrogens with one attached hydrogen (secondary N) is 1. The van der Waals surface area contributed by atoms with E-state index in [-0.39, 0.29) is 5.91 Å². The van der Waals surface area contributed by atoms with Crippen molar-refractivity contribution in [1.29, 1.82) is 0 Å². The van der Waals surface area contributed by atoms with Crippen LogP contribution in [0.1, 0.15) is 42.4 Å². The normalized spacial score (nSPS) is 22.8. The molecule has 100 valence electrons. The molecular formula is C15H19N3O. The molecule has 0 bridgehead atoms. The second kappa shape index (κ2) is 4.68. The molecule has 1 amide bonds. The molecule has 2 unspecified atom stereocenters. The van der Waals surface area contributed by atoms with Crippen molar-refractivity contribution in [1.82, 2.24) is 14.7 Å². The number of pyridine rings is 1. The average molecular weight is 257 g/mol.